The van der Waals surface area contributed by atoms with Crippen molar-refractivity contribution in [2.24, 2.45) is 0 Å². The van der Waals surface area contributed by atoms with Crippen LogP contribution in [0.5, 0.6) is 0 Å². The minimum absolute atomic E-state index is 0. The Morgan fingerprint density at radius 1 is 1.07 bits per heavy atom. The molecule has 4 heterocycles. The van der Waals surface area contributed by atoms with Gasteiger partial charge in [0.05, 0.1) is 17.5 Å². The van der Waals surface area contributed by atoms with Gasteiger partial charge in [-0.15, -0.1) is 12.4 Å². The number of nitrogens with zero attached hydrogens (tertiary/aromatic N) is 7. The van der Waals surface area contributed by atoms with Crippen LogP contribution in [0, 0.1) is 11.6 Å². The molecule has 5 rings (SSSR count). The van der Waals surface area contributed by atoms with E-state index in [1.807, 2.05) is 26.7 Å². The summed E-state index contributed by atoms with van der Waals surface area (Å²) in [7, 11) is 0. The first-order chi connectivity index (χ1) is 18.5. The lowest BCUT2D eigenvalue weighted by Crippen LogP contribution is -2.60. The van der Waals surface area contributed by atoms with Crippen LogP contribution in [-0.2, 0) is 0 Å². The van der Waals surface area contributed by atoms with Gasteiger partial charge < -0.3 is 20.6 Å². The standard InChI is InChI=1S/C28H36F2N8O.ClH/c1-18(2)26-20(14-32-38(26)25-13-24(33-27(31)34-25)37-16-28(4,39)17-37)6-5-7-35-8-9-36(15-19(35)3)23-11-21(29)10-22(30)12-23;/h5-6,10-14,18-19,39H,7-9,15-17H2,1-4H3,(H2,31,33,34);1H/b6-5+;/t19-;/m1./s1. The van der Waals surface area contributed by atoms with Crippen molar-refractivity contribution in [2.45, 2.75) is 45.3 Å². The molecule has 0 aliphatic carbocycles. The topological polar surface area (TPSA) is 99.6 Å². The molecule has 3 aromatic rings. The van der Waals surface area contributed by atoms with E-state index in [0.29, 0.717) is 43.5 Å². The van der Waals surface area contributed by atoms with E-state index in [1.54, 1.807) is 6.92 Å². The Balaban J connectivity index is 0.00000370. The van der Waals surface area contributed by atoms with Crippen LogP contribution in [0.4, 0.5) is 26.2 Å². The summed E-state index contributed by atoms with van der Waals surface area (Å²) in [6, 6.07) is 5.74. The quantitative estimate of drug-likeness (QED) is 0.439. The van der Waals surface area contributed by atoms with Crippen LogP contribution in [0.2, 0.25) is 0 Å². The van der Waals surface area contributed by atoms with Gasteiger partial charge in [0.25, 0.3) is 0 Å². The summed E-state index contributed by atoms with van der Waals surface area (Å²) in [6.45, 7) is 12.0. The zero-order valence-electron chi connectivity index (χ0n) is 23.3. The van der Waals surface area contributed by atoms with E-state index in [1.165, 1.54) is 12.1 Å². The van der Waals surface area contributed by atoms with Gasteiger partial charge in [0, 0.05) is 68.7 Å². The SMILES string of the molecule is CC(C)c1c(/C=C/CN2CCN(c3cc(F)cc(F)c3)C[C@H]2C)cnn1-c1cc(N2CC(C)(O)C2)nc(N)n1.Cl. The molecule has 0 radical (unpaired) electrons. The maximum atomic E-state index is 13.7. The van der Waals surface area contributed by atoms with Crippen LogP contribution in [0.3, 0.4) is 0 Å². The number of hydrogen-bond donors (Lipinski definition) is 2. The lowest BCUT2D eigenvalue weighted by Gasteiger charge is -2.44. The second kappa shape index (κ2) is 11.7. The fraction of sp³-hybridized carbons (Fsp3) is 0.464. The van der Waals surface area contributed by atoms with Gasteiger partial charge in [0.15, 0.2) is 5.82 Å². The number of nitrogens with two attached hydrogens (primary N) is 1. The van der Waals surface area contributed by atoms with Gasteiger partial charge in [-0.25, -0.2) is 13.5 Å². The van der Waals surface area contributed by atoms with Crippen LogP contribution in [0.25, 0.3) is 11.9 Å². The summed E-state index contributed by atoms with van der Waals surface area (Å²) < 4.78 is 29.2. The smallest absolute Gasteiger partial charge is 0.224 e. The van der Waals surface area contributed by atoms with Gasteiger partial charge in [-0.05, 0) is 31.9 Å². The highest BCUT2D eigenvalue weighted by atomic mass is 35.5. The van der Waals surface area contributed by atoms with E-state index < -0.39 is 17.2 Å². The molecule has 2 saturated heterocycles. The lowest BCUT2D eigenvalue weighted by atomic mass is 9.97. The van der Waals surface area contributed by atoms with E-state index in [4.69, 9.17) is 5.73 Å². The largest absolute Gasteiger partial charge is 0.386 e. The van der Waals surface area contributed by atoms with Crippen LogP contribution in [0.1, 0.15) is 44.9 Å². The third-order valence-corrected chi connectivity index (χ3v) is 7.32. The first-order valence-electron chi connectivity index (χ1n) is 13.3. The van der Waals surface area contributed by atoms with Crippen molar-refractivity contribution in [3.05, 3.63) is 59.4 Å². The van der Waals surface area contributed by atoms with Crippen LogP contribution in [-0.4, -0.2) is 80.7 Å². The highest BCUT2D eigenvalue weighted by Gasteiger charge is 2.37. The normalized spacial score (nSPS) is 19.2. The molecular weight excluding hydrogens is 538 g/mol. The predicted octanol–water partition coefficient (Wildman–Crippen LogP) is 3.86. The number of benzene rings is 1. The first kappa shape index (κ1) is 29.7. The molecule has 216 valence electrons. The molecule has 0 saturated carbocycles. The Kier molecular flexibility index (Phi) is 8.67. The number of aromatic nitrogens is 4. The lowest BCUT2D eigenvalue weighted by molar-refractivity contribution is 0.0305. The van der Waals surface area contributed by atoms with E-state index in [0.717, 1.165) is 30.4 Å². The first-order valence-corrected chi connectivity index (χ1v) is 13.3. The zero-order valence-corrected chi connectivity index (χ0v) is 24.1. The van der Waals surface area contributed by atoms with Gasteiger partial charge in [0.1, 0.15) is 17.5 Å². The highest BCUT2D eigenvalue weighted by molar-refractivity contribution is 5.85. The summed E-state index contributed by atoms with van der Waals surface area (Å²) >= 11 is 0. The highest BCUT2D eigenvalue weighted by Crippen LogP contribution is 2.29. The Morgan fingerprint density at radius 3 is 2.38 bits per heavy atom. The number of rotatable bonds is 7. The minimum Gasteiger partial charge on any atom is -0.386 e. The molecule has 0 spiro atoms. The van der Waals surface area contributed by atoms with E-state index >= 15 is 0 Å². The molecule has 2 fully saturated rings. The van der Waals surface area contributed by atoms with Gasteiger partial charge >= 0.3 is 0 Å². The molecule has 2 aromatic heterocycles. The molecule has 9 nitrogen and oxygen atoms in total. The number of piperazine rings is 1. The predicted molar refractivity (Wildman–Crippen MR) is 156 cm³/mol. The van der Waals surface area contributed by atoms with Crippen LogP contribution < -0.4 is 15.5 Å². The Hall–Kier alpha value is -3.28. The number of aliphatic hydroxyl groups is 1. The number of anilines is 3. The molecule has 3 N–H and O–H groups in total. The second-order valence-electron chi connectivity index (χ2n) is 11.2. The van der Waals surface area contributed by atoms with Gasteiger partial charge in [-0.3, -0.25) is 4.90 Å². The maximum absolute atomic E-state index is 13.7. The van der Waals surface area contributed by atoms with Crippen molar-refractivity contribution in [1.29, 1.82) is 0 Å². The monoisotopic (exact) mass is 574 g/mol. The van der Waals surface area contributed by atoms with E-state index in [-0.39, 0.29) is 30.3 Å². The third kappa shape index (κ3) is 6.37. The van der Waals surface area contributed by atoms with Gasteiger partial charge in [-0.2, -0.15) is 15.1 Å². The van der Waals surface area contributed by atoms with E-state index in [2.05, 4.69) is 52.9 Å². The van der Waals surface area contributed by atoms with E-state index in [9.17, 15) is 13.9 Å². The fourth-order valence-electron chi connectivity index (χ4n) is 5.45. The number of halogens is 3. The van der Waals surface area contributed by atoms with Crippen molar-refractivity contribution in [1.82, 2.24) is 24.6 Å². The summed E-state index contributed by atoms with van der Waals surface area (Å²) in [5, 5.41) is 14.8. The molecule has 0 unspecified atom stereocenters. The summed E-state index contributed by atoms with van der Waals surface area (Å²) in [5.74, 6) is 0.473. The molecule has 0 amide bonds. The maximum Gasteiger partial charge on any atom is 0.224 e. The van der Waals surface area contributed by atoms with Gasteiger partial charge in [0.2, 0.25) is 5.95 Å². The molecule has 1 aromatic carbocycles. The average Bonchev–Trinajstić information content (AvgIpc) is 3.27. The number of nitrogen functional groups attached to an aromatic ring is 1. The molecule has 12 heteroatoms. The average molecular weight is 575 g/mol. The van der Waals surface area contributed by atoms with Crippen LogP contribution >= 0.6 is 12.4 Å². The molecule has 1 atom stereocenters. The van der Waals surface area contributed by atoms with Crippen molar-refractivity contribution < 1.29 is 13.9 Å². The summed E-state index contributed by atoms with van der Waals surface area (Å²) in [4.78, 5) is 15.1. The Bertz CT molecular complexity index is 1350. The fourth-order valence-corrected chi connectivity index (χ4v) is 5.45. The van der Waals surface area contributed by atoms with Crippen LogP contribution in [0.15, 0.2) is 36.5 Å². The van der Waals surface area contributed by atoms with Crippen molar-refractivity contribution >= 4 is 35.9 Å². The molecule has 40 heavy (non-hydrogen) atoms. The summed E-state index contributed by atoms with van der Waals surface area (Å²) in [5.41, 5.74) is 7.90. The number of β-amino-alcohol motifs (C(OH)–C–C–N with tert-alkyl or cyclic N) is 1. The molecule has 0 bridgehead atoms. The molecular formula is C28H37ClF2N8O. The van der Waals surface area contributed by atoms with Crippen molar-refractivity contribution in [3.63, 3.8) is 0 Å². The number of hydrogen-bond acceptors (Lipinski definition) is 8. The van der Waals surface area contributed by atoms with Crippen molar-refractivity contribution in [2.75, 3.05) is 54.8 Å². The minimum atomic E-state index is -0.728. The third-order valence-electron chi connectivity index (χ3n) is 7.32. The second-order valence-corrected chi connectivity index (χ2v) is 11.2. The van der Waals surface area contributed by atoms with Crippen molar-refractivity contribution in [3.8, 4) is 5.82 Å². The molecule has 2 aliphatic rings. The Labute approximate surface area is 239 Å². The van der Waals surface area contributed by atoms with Gasteiger partial charge in [-0.1, -0.05) is 26.0 Å². The zero-order chi connectivity index (χ0) is 27.9. The Morgan fingerprint density at radius 2 is 1.75 bits per heavy atom. The molecule has 2 aliphatic heterocycles. The summed E-state index contributed by atoms with van der Waals surface area (Å²) in [6.07, 6.45) is 6.04.